The van der Waals surface area contributed by atoms with Gasteiger partial charge in [-0.25, -0.2) is 0 Å². The first-order valence-electron chi connectivity index (χ1n) is 3.76. The zero-order valence-corrected chi connectivity index (χ0v) is 6.84. The van der Waals surface area contributed by atoms with E-state index in [0.29, 0.717) is 19.5 Å². The third-order valence-corrected chi connectivity index (χ3v) is 1.52. The molecule has 0 aliphatic heterocycles. The molecule has 0 aromatic rings. The molecule has 0 saturated heterocycles. The lowest BCUT2D eigenvalue weighted by Gasteiger charge is -2.08. The first-order valence-corrected chi connectivity index (χ1v) is 3.76. The van der Waals surface area contributed by atoms with Crippen molar-refractivity contribution in [2.45, 2.75) is 13.3 Å². The highest BCUT2D eigenvalue weighted by Gasteiger charge is 2.12. The molecule has 2 N–H and O–H groups in total. The van der Waals surface area contributed by atoms with E-state index in [-0.39, 0.29) is 5.92 Å². The van der Waals surface area contributed by atoms with E-state index >= 15 is 0 Å². The minimum Gasteiger partial charge on any atom is -0.481 e. The number of carboxylic acid groups (broad SMARTS) is 1. The number of carboxylic acids is 1. The van der Waals surface area contributed by atoms with Gasteiger partial charge in [-0.15, -0.1) is 6.58 Å². The Balaban J connectivity index is 3.52. The van der Waals surface area contributed by atoms with Crippen molar-refractivity contribution in [3.05, 3.63) is 12.7 Å². The van der Waals surface area contributed by atoms with Gasteiger partial charge in [0.2, 0.25) is 0 Å². The largest absolute Gasteiger partial charge is 0.481 e. The fourth-order valence-electron chi connectivity index (χ4n) is 0.766. The molecule has 0 aliphatic rings. The molecular formula is C8H15NO2. The van der Waals surface area contributed by atoms with Crippen molar-refractivity contribution < 1.29 is 9.90 Å². The molecule has 3 heteroatoms. The molecule has 0 fully saturated rings. The normalized spacial score (nSPS) is 12.5. The van der Waals surface area contributed by atoms with Gasteiger partial charge in [-0.05, 0) is 6.42 Å². The second-order valence-corrected chi connectivity index (χ2v) is 2.39. The number of aliphatic carboxylic acids is 1. The van der Waals surface area contributed by atoms with Crippen LogP contribution in [-0.2, 0) is 4.79 Å². The van der Waals surface area contributed by atoms with E-state index in [1.54, 1.807) is 6.08 Å². The molecule has 3 nitrogen and oxygen atoms in total. The lowest BCUT2D eigenvalue weighted by molar-refractivity contribution is -0.141. The van der Waals surface area contributed by atoms with Gasteiger partial charge in [0, 0.05) is 13.1 Å². The van der Waals surface area contributed by atoms with E-state index in [4.69, 9.17) is 5.11 Å². The Labute approximate surface area is 67.1 Å². The highest BCUT2D eigenvalue weighted by atomic mass is 16.4. The van der Waals surface area contributed by atoms with Gasteiger partial charge in [-0.3, -0.25) is 4.79 Å². The van der Waals surface area contributed by atoms with Crippen molar-refractivity contribution in [3.63, 3.8) is 0 Å². The number of nitrogens with one attached hydrogen (secondary N) is 1. The van der Waals surface area contributed by atoms with Crippen LogP contribution in [0.2, 0.25) is 0 Å². The van der Waals surface area contributed by atoms with E-state index in [1.165, 1.54) is 0 Å². The summed E-state index contributed by atoms with van der Waals surface area (Å²) in [6, 6.07) is 0. The molecule has 1 atom stereocenters. The molecule has 64 valence electrons. The summed E-state index contributed by atoms with van der Waals surface area (Å²) in [5, 5.41) is 11.6. The Morgan fingerprint density at radius 3 is 2.82 bits per heavy atom. The molecule has 0 heterocycles. The van der Waals surface area contributed by atoms with Crippen molar-refractivity contribution in [1.82, 2.24) is 5.32 Å². The van der Waals surface area contributed by atoms with Crippen LogP contribution in [0.15, 0.2) is 12.7 Å². The average Bonchev–Trinajstić information content (AvgIpc) is 1.97. The van der Waals surface area contributed by atoms with Crippen molar-refractivity contribution >= 4 is 5.97 Å². The van der Waals surface area contributed by atoms with Crippen molar-refractivity contribution in [2.24, 2.45) is 5.92 Å². The van der Waals surface area contributed by atoms with Crippen LogP contribution in [0.5, 0.6) is 0 Å². The van der Waals surface area contributed by atoms with Gasteiger partial charge in [0.15, 0.2) is 0 Å². The molecule has 0 aromatic carbocycles. The van der Waals surface area contributed by atoms with Crippen LogP contribution < -0.4 is 5.32 Å². The van der Waals surface area contributed by atoms with Crippen LogP contribution in [0.4, 0.5) is 0 Å². The van der Waals surface area contributed by atoms with E-state index in [0.717, 1.165) is 0 Å². The van der Waals surface area contributed by atoms with Crippen molar-refractivity contribution in [2.75, 3.05) is 13.1 Å². The van der Waals surface area contributed by atoms with Gasteiger partial charge in [0.1, 0.15) is 0 Å². The molecule has 0 amide bonds. The second kappa shape index (κ2) is 5.92. The smallest absolute Gasteiger partial charge is 0.307 e. The monoisotopic (exact) mass is 157 g/mol. The molecule has 0 spiro atoms. The van der Waals surface area contributed by atoms with Crippen molar-refractivity contribution in [1.29, 1.82) is 0 Å². The third-order valence-electron chi connectivity index (χ3n) is 1.52. The predicted molar refractivity (Wildman–Crippen MR) is 44.5 cm³/mol. The molecular weight excluding hydrogens is 142 g/mol. The fraction of sp³-hybridized carbons (Fsp3) is 0.625. The van der Waals surface area contributed by atoms with E-state index in [2.05, 4.69) is 11.9 Å². The number of carbonyl (C=O) groups is 1. The van der Waals surface area contributed by atoms with Gasteiger partial charge in [-0.1, -0.05) is 13.0 Å². The summed E-state index contributed by atoms with van der Waals surface area (Å²) in [5.74, 6) is -1.00. The maximum Gasteiger partial charge on any atom is 0.307 e. The van der Waals surface area contributed by atoms with Crippen LogP contribution in [0.3, 0.4) is 0 Å². The second-order valence-electron chi connectivity index (χ2n) is 2.39. The summed E-state index contributed by atoms with van der Waals surface area (Å²) >= 11 is 0. The standard InChI is InChI=1S/C8H15NO2/c1-3-5-9-6-7(4-2)8(10)11/h3,7,9H,1,4-6H2,2H3,(H,10,11). The van der Waals surface area contributed by atoms with Crippen LogP contribution in [-0.4, -0.2) is 24.2 Å². The van der Waals surface area contributed by atoms with Gasteiger partial charge in [-0.2, -0.15) is 0 Å². The Morgan fingerprint density at radius 2 is 2.45 bits per heavy atom. The highest BCUT2D eigenvalue weighted by molar-refractivity contribution is 5.70. The molecule has 0 saturated carbocycles. The van der Waals surface area contributed by atoms with Gasteiger partial charge in [0.05, 0.1) is 5.92 Å². The highest BCUT2D eigenvalue weighted by Crippen LogP contribution is 1.99. The van der Waals surface area contributed by atoms with Crippen LogP contribution in [0.25, 0.3) is 0 Å². The van der Waals surface area contributed by atoms with Gasteiger partial charge < -0.3 is 10.4 Å². The summed E-state index contributed by atoms with van der Waals surface area (Å²) in [5.41, 5.74) is 0. The summed E-state index contributed by atoms with van der Waals surface area (Å²) in [6.07, 6.45) is 2.38. The zero-order valence-electron chi connectivity index (χ0n) is 6.84. The van der Waals surface area contributed by atoms with Crippen LogP contribution in [0, 0.1) is 5.92 Å². The SMILES string of the molecule is C=CCNCC(CC)C(=O)O. The summed E-state index contributed by atoms with van der Waals surface area (Å²) < 4.78 is 0. The topological polar surface area (TPSA) is 49.3 Å². The minimum atomic E-state index is -0.732. The van der Waals surface area contributed by atoms with E-state index < -0.39 is 5.97 Å². The minimum absolute atomic E-state index is 0.269. The summed E-state index contributed by atoms with van der Waals surface area (Å²) in [7, 11) is 0. The lowest BCUT2D eigenvalue weighted by atomic mass is 10.1. The molecule has 11 heavy (non-hydrogen) atoms. The number of hydrogen-bond donors (Lipinski definition) is 2. The number of rotatable bonds is 6. The maximum absolute atomic E-state index is 10.5. The lowest BCUT2D eigenvalue weighted by Crippen LogP contribution is -2.27. The van der Waals surface area contributed by atoms with Crippen LogP contribution in [0.1, 0.15) is 13.3 Å². The molecule has 0 bridgehead atoms. The summed E-state index contributed by atoms with van der Waals surface area (Å²) in [4.78, 5) is 10.5. The van der Waals surface area contributed by atoms with Crippen molar-refractivity contribution in [3.8, 4) is 0 Å². The average molecular weight is 157 g/mol. The molecule has 0 rings (SSSR count). The fourth-order valence-corrected chi connectivity index (χ4v) is 0.766. The molecule has 1 unspecified atom stereocenters. The predicted octanol–water partition coefficient (Wildman–Crippen LogP) is 0.873. The first-order chi connectivity index (χ1) is 5.22. The Bertz CT molecular complexity index is 134. The van der Waals surface area contributed by atoms with E-state index in [9.17, 15) is 4.79 Å². The van der Waals surface area contributed by atoms with Gasteiger partial charge >= 0.3 is 5.97 Å². The molecule has 0 radical (unpaired) electrons. The Kier molecular flexibility index (Phi) is 5.47. The molecule has 0 aromatic heterocycles. The quantitative estimate of drug-likeness (QED) is 0.444. The first kappa shape index (κ1) is 10.2. The third kappa shape index (κ3) is 4.56. The number of hydrogen-bond acceptors (Lipinski definition) is 2. The summed E-state index contributed by atoms with van der Waals surface area (Å²) in [6.45, 7) is 6.58. The molecule has 0 aliphatic carbocycles. The van der Waals surface area contributed by atoms with E-state index in [1.807, 2.05) is 6.92 Å². The van der Waals surface area contributed by atoms with Gasteiger partial charge in [0.25, 0.3) is 0 Å². The maximum atomic E-state index is 10.5. The Hall–Kier alpha value is -0.830. The zero-order chi connectivity index (χ0) is 8.69. The Morgan fingerprint density at radius 1 is 1.82 bits per heavy atom. The van der Waals surface area contributed by atoms with Crippen LogP contribution >= 0.6 is 0 Å².